The number of amides is 2. The van der Waals surface area contributed by atoms with Gasteiger partial charge in [0.15, 0.2) is 11.5 Å². The number of hydrogen-bond acceptors (Lipinski definition) is 4. The van der Waals surface area contributed by atoms with Crippen molar-refractivity contribution >= 4 is 11.8 Å². The molecule has 6 heteroatoms. The maximum Gasteiger partial charge on any atom is 0.273 e. The Labute approximate surface area is 169 Å². The highest BCUT2D eigenvalue weighted by atomic mass is 16.5. The van der Waals surface area contributed by atoms with Crippen LogP contribution in [0.5, 0.6) is 0 Å². The molecule has 29 heavy (non-hydrogen) atoms. The molecule has 6 nitrogen and oxygen atoms in total. The SMILES string of the molecule is O=C(NCC1CC1)c1cc(CN(Cc2ccccc2)C(=O)c2ccccc2)on1. The molecule has 1 aliphatic carbocycles. The van der Waals surface area contributed by atoms with Crippen LogP contribution >= 0.6 is 0 Å². The van der Waals surface area contributed by atoms with Crippen molar-refractivity contribution in [1.29, 1.82) is 0 Å². The molecule has 1 saturated carbocycles. The summed E-state index contributed by atoms with van der Waals surface area (Å²) in [5.74, 6) is 0.721. The van der Waals surface area contributed by atoms with Crippen molar-refractivity contribution in [3.63, 3.8) is 0 Å². The maximum atomic E-state index is 13.1. The van der Waals surface area contributed by atoms with Crippen molar-refractivity contribution < 1.29 is 14.1 Å². The van der Waals surface area contributed by atoms with Crippen LogP contribution in [0.15, 0.2) is 71.3 Å². The van der Waals surface area contributed by atoms with E-state index in [1.54, 1.807) is 23.1 Å². The van der Waals surface area contributed by atoms with Gasteiger partial charge in [-0.15, -0.1) is 0 Å². The largest absolute Gasteiger partial charge is 0.359 e. The van der Waals surface area contributed by atoms with Crippen molar-refractivity contribution in [3.05, 3.63) is 89.3 Å². The molecular formula is C23H23N3O3. The minimum Gasteiger partial charge on any atom is -0.359 e. The lowest BCUT2D eigenvalue weighted by Crippen LogP contribution is -2.30. The standard InChI is InChI=1S/C23H23N3O3/c27-22(24-14-17-11-12-17)21-13-20(29-25-21)16-26(15-18-7-3-1-4-8-18)23(28)19-9-5-2-6-10-19/h1-10,13,17H,11-12,14-16H2,(H,24,27). The Kier molecular flexibility index (Phi) is 5.70. The molecule has 0 atom stereocenters. The van der Waals surface area contributed by atoms with Crippen LogP contribution in [0.25, 0.3) is 0 Å². The normalized spacial score (nSPS) is 13.1. The Bertz CT molecular complexity index is 965. The van der Waals surface area contributed by atoms with Gasteiger partial charge < -0.3 is 14.7 Å². The molecule has 2 aromatic carbocycles. The summed E-state index contributed by atoms with van der Waals surface area (Å²) in [7, 11) is 0. The summed E-state index contributed by atoms with van der Waals surface area (Å²) >= 11 is 0. The van der Waals surface area contributed by atoms with Crippen molar-refractivity contribution in [2.75, 3.05) is 6.54 Å². The molecule has 3 aromatic rings. The van der Waals surface area contributed by atoms with E-state index in [4.69, 9.17) is 4.52 Å². The summed E-state index contributed by atoms with van der Waals surface area (Å²) < 4.78 is 5.36. The second-order valence-corrected chi connectivity index (χ2v) is 7.34. The van der Waals surface area contributed by atoms with Gasteiger partial charge in [-0.1, -0.05) is 53.7 Å². The first-order valence-electron chi connectivity index (χ1n) is 9.81. The fourth-order valence-electron chi connectivity index (χ4n) is 3.10. The molecule has 0 unspecified atom stereocenters. The summed E-state index contributed by atoms with van der Waals surface area (Å²) in [6.45, 7) is 1.33. The van der Waals surface area contributed by atoms with Gasteiger partial charge in [0.25, 0.3) is 11.8 Å². The molecule has 4 rings (SSSR count). The Morgan fingerprint density at radius 3 is 2.38 bits per heavy atom. The van der Waals surface area contributed by atoms with Crippen LogP contribution in [-0.4, -0.2) is 28.4 Å². The van der Waals surface area contributed by atoms with Gasteiger partial charge in [0.2, 0.25) is 0 Å². The molecule has 1 heterocycles. The fourth-order valence-corrected chi connectivity index (χ4v) is 3.10. The van der Waals surface area contributed by atoms with E-state index in [-0.39, 0.29) is 24.1 Å². The number of carbonyl (C=O) groups is 2. The summed E-state index contributed by atoms with van der Waals surface area (Å²) in [5.41, 5.74) is 1.86. The van der Waals surface area contributed by atoms with Gasteiger partial charge in [-0.3, -0.25) is 9.59 Å². The van der Waals surface area contributed by atoms with E-state index < -0.39 is 0 Å². The van der Waals surface area contributed by atoms with Crippen LogP contribution < -0.4 is 5.32 Å². The number of rotatable bonds is 8. The lowest BCUT2D eigenvalue weighted by atomic mass is 10.1. The number of benzene rings is 2. The van der Waals surface area contributed by atoms with Crippen LogP contribution in [0.3, 0.4) is 0 Å². The molecule has 0 radical (unpaired) electrons. The van der Waals surface area contributed by atoms with Gasteiger partial charge in [0, 0.05) is 24.7 Å². The van der Waals surface area contributed by atoms with Crippen LogP contribution in [0.2, 0.25) is 0 Å². The minimum atomic E-state index is -0.240. The van der Waals surface area contributed by atoms with E-state index >= 15 is 0 Å². The molecule has 0 spiro atoms. The quantitative estimate of drug-likeness (QED) is 0.638. The first-order valence-corrected chi connectivity index (χ1v) is 9.81. The number of nitrogens with one attached hydrogen (secondary N) is 1. The zero-order valence-electron chi connectivity index (χ0n) is 16.1. The van der Waals surface area contributed by atoms with E-state index in [2.05, 4.69) is 10.5 Å². The number of nitrogens with zero attached hydrogens (tertiary/aromatic N) is 2. The van der Waals surface area contributed by atoms with Crippen LogP contribution in [0.1, 0.15) is 45.0 Å². The molecule has 0 saturated heterocycles. The van der Waals surface area contributed by atoms with Crippen LogP contribution in [0.4, 0.5) is 0 Å². The summed E-state index contributed by atoms with van der Waals surface area (Å²) in [4.78, 5) is 27.0. The lowest BCUT2D eigenvalue weighted by molar-refractivity contribution is 0.0713. The molecule has 1 aliphatic rings. The van der Waals surface area contributed by atoms with Crippen LogP contribution in [0, 0.1) is 5.92 Å². The van der Waals surface area contributed by atoms with Gasteiger partial charge >= 0.3 is 0 Å². The van der Waals surface area contributed by atoms with Gasteiger partial charge in [-0.05, 0) is 36.5 Å². The van der Waals surface area contributed by atoms with Crippen molar-refractivity contribution in [2.45, 2.75) is 25.9 Å². The fraction of sp³-hybridized carbons (Fsp3) is 0.261. The molecule has 0 aliphatic heterocycles. The average molecular weight is 389 g/mol. The highest BCUT2D eigenvalue weighted by molar-refractivity contribution is 5.94. The second-order valence-electron chi connectivity index (χ2n) is 7.34. The monoisotopic (exact) mass is 389 g/mol. The van der Waals surface area contributed by atoms with Crippen molar-refractivity contribution in [3.8, 4) is 0 Å². The van der Waals surface area contributed by atoms with E-state index in [1.165, 1.54) is 12.8 Å². The highest BCUT2D eigenvalue weighted by Crippen LogP contribution is 2.27. The summed E-state index contributed by atoms with van der Waals surface area (Å²) in [6, 6.07) is 20.5. The molecule has 148 valence electrons. The predicted octanol–water partition coefficient (Wildman–Crippen LogP) is 3.66. The zero-order chi connectivity index (χ0) is 20.1. The third-order valence-corrected chi connectivity index (χ3v) is 4.91. The number of hydrogen-bond donors (Lipinski definition) is 1. The third-order valence-electron chi connectivity index (χ3n) is 4.91. The minimum absolute atomic E-state index is 0.106. The molecule has 1 fully saturated rings. The smallest absolute Gasteiger partial charge is 0.273 e. The predicted molar refractivity (Wildman–Crippen MR) is 108 cm³/mol. The summed E-state index contributed by atoms with van der Waals surface area (Å²) in [5, 5.41) is 6.76. The first-order chi connectivity index (χ1) is 14.2. The van der Waals surface area contributed by atoms with Gasteiger partial charge in [-0.2, -0.15) is 0 Å². The Morgan fingerprint density at radius 2 is 1.69 bits per heavy atom. The average Bonchev–Trinajstić information content (AvgIpc) is 3.48. The molecule has 1 N–H and O–H groups in total. The van der Waals surface area contributed by atoms with Gasteiger partial charge in [-0.25, -0.2) is 0 Å². The van der Waals surface area contributed by atoms with Crippen molar-refractivity contribution in [1.82, 2.24) is 15.4 Å². The lowest BCUT2D eigenvalue weighted by Gasteiger charge is -2.21. The second kappa shape index (κ2) is 8.73. The zero-order valence-corrected chi connectivity index (χ0v) is 16.1. The Hall–Kier alpha value is -3.41. The highest BCUT2D eigenvalue weighted by Gasteiger charge is 2.23. The maximum absolute atomic E-state index is 13.1. The summed E-state index contributed by atoms with van der Waals surface area (Å²) in [6.07, 6.45) is 2.33. The van der Waals surface area contributed by atoms with Gasteiger partial charge in [0.1, 0.15) is 0 Å². The Morgan fingerprint density at radius 1 is 1.00 bits per heavy atom. The van der Waals surface area contributed by atoms with E-state index in [1.807, 2.05) is 48.5 Å². The molecule has 0 bridgehead atoms. The van der Waals surface area contributed by atoms with Gasteiger partial charge in [0.05, 0.1) is 6.54 Å². The molecule has 2 amide bonds. The topological polar surface area (TPSA) is 75.4 Å². The first kappa shape index (κ1) is 18.9. The number of carbonyl (C=O) groups excluding carboxylic acids is 2. The van der Waals surface area contributed by atoms with E-state index in [0.717, 1.165) is 5.56 Å². The van der Waals surface area contributed by atoms with E-state index in [0.29, 0.717) is 30.3 Å². The van der Waals surface area contributed by atoms with E-state index in [9.17, 15) is 9.59 Å². The molecular weight excluding hydrogens is 366 g/mol. The third kappa shape index (κ3) is 5.10. The molecule has 1 aromatic heterocycles. The van der Waals surface area contributed by atoms with Crippen molar-refractivity contribution in [2.24, 2.45) is 5.92 Å². The number of aromatic nitrogens is 1. The Balaban J connectivity index is 1.48. The van der Waals surface area contributed by atoms with Crippen LogP contribution in [-0.2, 0) is 13.1 Å².